The van der Waals surface area contributed by atoms with Gasteiger partial charge in [-0.1, -0.05) is 60.7 Å². The molecule has 34 heavy (non-hydrogen) atoms. The summed E-state index contributed by atoms with van der Waals surface area (Å²) >= 11 is 0. The smallest absolute Gasteiger partial charge is 0.268 e. The molecule has 170 valence electrons. The third-order valence-corrected chi connectivity index (χ3v) is 6.21. The number of nitrogens with one attached hydrogen (secondary N) is 3. The topological polar surface area (TPSA) is 94.3 Å². The Bertz CT molecular complexity index is 1390. The van der Waals surface area contributed by atoms with E-state index in [4.69, 9.17) is 0 Å². The summed E-state index contributed by atoms with van der Waals surface area (Å²) in [5, 5.41) is 6.49. The predicted octanol–water partition coefficient (Wildman–Crippen LogP) is 3.79. The summed E-state index contributed by atoms with van der Waals surface area (Å²) in [4.78, 5) is 43.8. The fraction of sp³-hybridized carbons (Fsp3) is 0.148. The molecular weight excluding hydrogens is 428 g/mol. The van der Waals surface area contributed by atoms with E-state index in [1.54, 1.807) is 24.9 Å². The second-order valence-corrected chi connectivity index (χ2v) is 8.41. The maximum atomic E-state index is 13.4. The van der Waals surface area contributed by atoms with Gasteiger partial charge in [-0.05, 0) is 36.2 Å². The van der Waals surface area contributed by atoms with Crippen molar-refractivity contribution in [1.82, 2.24) is 15.6 Å². The van der Waals surface area contributed by atoms with Crippen LogP contribution in [0.15, 0.2) is 78.9 Å². The number of likely N-dealkylation sites (N-methyl/N-ethyl adjacent to an activating group) is 1. The molecule has 4 aromatic rings. The van der Waals surface area contributed by atoms with Crippen LogP contribution in [-0.4, -0.2) is 35.8 Å². The second-order valence-electron chi connectivity index (χ2n) is 8.41. The lowest BCUT2D eigenvalue weighted by atomic mass is 9.95. The van der Waals surface area contributed by atoms with Crippen LogP contribution in [0.5, 0.6) is 0 Å². The molecule has 0 saturated heterocycles. The molecule has 1 aliphatic heterocycles. The maximum absolute atomic E-state index is 13.4. The van der Waals surface area contributed by atoms with Crippen LogP contribution in [0.25, 0.3) is 22.0 Å². The third kappa shape index (κ3) is 3.71. The normalized spacial score (nSPS) is 15.8. The van der Waals surface area contributed by atoms with Gasteiger partial charge in [0, 0.05) is 23.5 Å². The number of nitrogens with zero attached hydrogens (tertiary/aromatic N) is 1. The van der Waals surface area contributed by atoms with Gasteiger partial charge >= 0.3 is 0 Å². The van der Waals surface area contributed by atoms with Crippen LogP contribution < -0.4 is 15.5 Å². The molecule has 0 fully saturated rings. The molecule has 3 amide bonds. The standard InChI is InChI=1S/C27H24N4O3/c1-16(28-26(33)22-15-17-9-3-7-13-21(17)29-22)25(32)30-24-20-12-5-4-10-18(20)19-11-6-8-14-23(19)31(2)27(24)34/h3-16,24,29H,1-2H3,(H,28,33)(H,30,32)/t16-,24-/m0/s1. The van der Waals surface area contributed by atoms with E-state index in [2.05, 4.69) is 15.6 Å². The Morgan fingerprint density at radius 1 is 0.941 bits per heavy atom. The number of rotatable bonds is 4. The molecule has 0 radical (unpaired) electrons. The van der Waals surface area contributed by atoms with Gasteiger partial charge in [0.2, 0.25) is 5.91 Å². The number of carbonyl (C=O) groups is 3. The minimum Gasteiger partial charge on any atom is -0.351 e. The maximum Gasteiger partial charge on any atom is 0.268 e. The predicted molar refractivity (Wildman–Crippen MR) is 131 cm³/mol. The molecule has 3 aromatic carbocycles. The number of aromatic nitrogens is 1. The first kappa shape index (κ1) is 21.5. The quantitative estimate of drug-likeness (QED) is 0.440. The van der Waals surface area contributed by atoms with Crippen LogP contribution in [0, 0.1) is 0 Å². The molecular formula is C27H24N4O3. The van der Waals surface area contributed by atoms with Gasteiger partial charge in [0.15, 0.2) is 0 Å². The molecule has 2 heterocycles. The zero-order valence-corrected chi connectivity index (χ0v) is 18.8. The minimum atomic E-state index is -0.881. The average Bonchev–Trinajstić information content (AvgIpc) is 3.28. The zero-order valence-electron chi connectivity index (χ0n) is 18.8. The molecule has 7 nitrogen and oxygen atoms in total. The Morgan fingerprint density at radius 2 is 1.62 bits per heavy atom. The average molecular weight is 453 g/mol. The van der Waals surface area contributed by atoms with Crippen molar-refractivity contribution in [2.75, 3.05) is 11.9 Å². The summed E-state index contributed by atoms with van der Waals surface area (Å²) in [5.74, 6) is -1.09. The van der Waals surface area contributed by atoms with Crippen LogP contribution in [0.4, 0.5) is 5.69 Å². The summed E-state index contributed by atoms with van der Waals surface area (Å²) in [5.41, 5.74) is 4.50. The van der Waals surface area contributed by atoms with E-state index in [1.807, 2.05) is 72.8 Å². The monoisotopic (exact) mass is 452 g/mol. The van der Waals surface area contributed by atoms with Crippen molar-refractivity contribution in [3.8, 4) is 11.1 Å². The van der Waals surface area contributed by atoms with Crippen molar-refractivity contribution in [1.29, 1.82) is 0 Å². The van der Waals surface area contributed by atoms with Crippen LogP contribution >= 0.6 is 0 Å². The molecule has 1 aliphatic rings. The summed E-state index contributed by atoms with van der Waals surface area (Å²) in [6, 6.07) is 22.8. The van der Waals surface area contributed by atoms with Gasteiger partial charge in [0.1, 0.15) is 17.8 Å². The Labute approximate surface area is 196 Å². The largest absolute Gasteiger partial charge is 0.351 e. The molecule has 0 saturated carbocycles. The van der Waals surface area contributed by atoms with Crippen LogP contribution in [-0.2, 0) is 9.59 Å². The lowest BCUT2D eigenvalue weighted by Gasteiger charge is -2.24. The van der Waals surface area contributed by atoms with E-state index in [-0.39, 0.29) is 5.91 Å². The molecule has 2 atom stereocenters. The second kappa shape index (κ2) is 8.51. The molecule has 0 spiro atoms. The highest BCUT2D eigenvalue weighted by Crippen LogP contribution is 2.39. The van der Waals surface area contributed by atoms with E-state index in [1.165, 1.54) is 0 Å². The number of benzene rings is 3. The fourth-order valence-corrected chi connectivity index (χ4v) is 4.38. The Hall–Kier alpha value is -4.39. The van der Waals surface area contributed by atoms with Gasteiger partial charge in [-0.3, -0.25) is 14.4 Å². The number of amides is 3. The van der Waals surface area contributed by atoms with Gasteiger partial charge in [-0.2, -0.15) is 0 Å². The van der Waals surface area contributed by atoms with Crippen LogP contribution in [0.2, 0.25) is 0 Å². The number of anilines is 1. The lowest BCUT2D eigenvalue weighted by Crippen LogP contribution is -2.49. The highest BCUT2D eigenvalue weighted by Gasteiger charge is 2.34. The van der Waals surface area contributed by atoms with Crippen molar-refractivity contribution in [3.05, 3.63) is 90.1 Å². The number of aromatic amines is 1. The molecule has 7 heteroatoms. The van der Waals surface area contributed by atoms with Gasteiger partial charge in [0.05, 0.1) is 5.69 Å². The van der Waals surface area contributed by atoms with Crippen molar-refractivity contribution < 1.29 is 14.4 Å². The van der Waals surface area contributed by atoms with Gasteiger partial charge in [-0.25, -0.2) is 0 Å². The first-order valence-electron chi connectivity index (χ1n) is 11.1. The van der Waals surface area contributed by atoms with Gasteiger partial charge in [-0.15, -0.1) is 0 Å². The molecule has 5 rings (SSSR count). The number of hydrogen-bond acceptors (Lipinski definition) is 3. The Morgan fingerprint density at radius 3 is 2.41 bits per heavy atom. The first-order chi connectivity index (χ1) is 16.4. The zero-order chi connectivity index (χ0) is 23.8. The molecule has 1 aromatic heterocycles. The van der Waals surface area contributed by atoms with Gasteiger partial charge in [0.25, 0.3) is 11.8 Å². The van der Waals surface area contributed by atoms with Gasteiger partial charge < -0.3 is 20.5 Å². The highest BCUT2D eigenvalue weighted by molar-refractivity contribution is 6.06. The summed E-state index contributed by atoms with van der Waals surface area (Å²) in [6.45, 7) is 1.60. The molecule has 0 unspecified atom stereocenters. The third-order valence-electron chi connectivity index (χ3n) is 6.21. The van der Waals surface area contributed by atoms with Crippen molar-refractivity contribution in [2.24, 2.45) is 0 Å². The summed E-state index contributed by atoms with van der Waals surface area (Å²) in [7, 11) is 1.70. The molecule has 3 N–H and O–H groups in total. The lowest BCUT2D eigenvalue weighted by molar-refractivity contribution is -0.128. The van der Waals surface area contributed by atoms with Crippen LogP contribution in [0.3, 0.4) is 0 Å². The van der Waals surface area contributed by atoms with Crippen LogP contribution in [0.1, 0.15) is 29.0 Å². The van der Waals surface area contributed by atoms with Crippen molar-refractivity contribution in [3.63, 3.8) is 0 Å². The SMILES string of the molecule is C[C@H](NC(=O)c1cc2ccccc2[nH]1)C(=O)N[C@@H]1C(=O)N(C)c2ccccc2-c2ccccc21. The van der Waals surface area contributed by atoms with Crippen molar-refractivity contribution in [2.45, 2.75) is 19.0 Å². The molecule has 0 aliphatic carbocycles. The fourth-order valence-electron chi connectivity index (χ4n) is 4.38. The Balaban J connectivity index is 1.38. The minimum absolute atomic E-state index is 0.250. The number of H-pyrrole nitrogens is 1. The van der Waals surface area contributed by atoms with Crippen molar-refractivity contribution >= 4 is 34.3 Å². The van der Waals surface area contributed by atoms with E-state index < -0.39 is 23.9 Å². The van der Waals surface area contributed by atoms with E-state index in [0.717, 1.165) is 27.7 Å². The summed E-state index contributed by atoms with van der Waals surface area (Å²) < 4.78 is 0. The highest BCUT2D eigenvalue weighted by atomic mass is 16.2. The number of fused-ring (bicyclic) bond motifs is 4. The van der Waals surface area contributed by atoms with E-state index in [9.17, 15) is 14.4 Å². The van der Waals surface area contributed by atoms with E-state index in [0.29, 0.717) is 11.3 Å². The summed E-state index contributed by atoms with van der Waals surface area (Å²) in [6.07, 6.45) is 0. The molecule has 0 bridgehead atoms. The Kier molecular flexibility index (Phi) is 5.37. The number of para-hydroxylation sites is 2. The van der Waals surface area contributed by atoms with E-state index >= 15 is 0 Å². The number of carbonyl (C=O) groups excluding carboxylic acids is 3. The number of hydrogen-bond donors (Lipinski definition) is 3. The first-order valence-corrected chi connectivity index (χ1v) is 11.1.